The summed E-state index contributed by atoms with van der Waals surface area (Å²) in [5.74, 6) is 5.23. The zero-order valence-corrected chi connectivity index (χ0v) is 10.3. The maximum Gasteiger partial charge on any atom is 0.141 e. The van der Waals surface area contributed by atoms with Gasteiger partial charge in [-0.15, -0.1) is 0 Å². The maximum absolute atomic E-state index is 13.2. The minimum absolute atomic E-state index is 0.283. The topological polar surface area (TPSA) is 60.2 Å². The molecule has 19 heavy (non-hydrogen) atoms. The predicted molar refractivity (Wildman–Crippen MR) is 68.3 cm³/mol. The Hall–Kier alpha value is -1.82. The van der Waals surface area contributed by atoms with Crippen LogP contribution < -0.4 is 11.3 Å². The number of hydrogen-bond acceptors (Lipinski definition) is 4. The van der Waals surface area contributed by atoms with Gasteiger partial charge in [0.1, 0.15) is 5.82 Å². The van der Waals surface area contributed by atoms with E-state index in [0.717, 1.165) is 11.1 Å². The van der Waals surface area contributed by atoms with Crippen LogP contribution in [0.2, 0.25) is 0 Å². The molecule has 1 aliphatic heterocycles. The van der Waals surface area contributed by atoms with Crippen LogP contribution in [0.15, 0.2) is 36.7 Å². The first kappa shape index (κ1) is 12.2. The fourth-order valence-electron chi connectivity index (χ4n) is 2.34. The van der Waals surface area contributed by atoms with E-state index in [-0.39, 0.29) is 11.9 Å². The molecule has 3 rings (SSSR count). The number of benzene rings is 1. The molecule has 3 N–H and O–H groups in total. The van der Waals surface area contributed by atoms with E-state index in [1.54, 1.807) is 6.20 Å². The average Bonchev–Trinajstić information content (AvgIpc) is 2.87. The van der Waals surface area contributed by atoms with Gasteiger partial charge in [0.05, 0.1) is 25.5 Å². The van der Waals surface area contributed by atoms with E-state index in [4.69, 9.17) is 10.6 Å². The fraction of sp³-hybridized carbons (Fsp3) is 0.214. The van der Waals surface area contributed by atoms with Crippen molar-refractivity contribution in [2.45, 2.75) is 19.3 Å². The number of rotatable bonds is 3. The van der Waals surface area contributed by atoms with Gasteiger partial charge in [0.25, 0.3) is 0 Å². The van der Waals surface area contributed by atoms with Gasteiger partial charge >= 0.3 is 0 Å². The number of nitrogens with zero attached hydrogens (tertiary/aromatic N) is 1. The second kappa shape index (κ2) is 5.05. The van der Waals surface area contributed by atoms with Crippen LogP contribution in [0.4, 0.5) is 4.39 Å². The summed E-state index contributed by atoms with van der Waals surface area (Å²) in [5.41, 5.74) is 6.72. The third-order valence-electron chi connectivity index (χ3n) is 3.30. The molecule has 0 bridgehead atoms. The first-order valence-corrected chi connectivity index (χ1v) is 6.04. The van der Waals surface area contributed by atoms with Gasteiger partial charge in [0.15, 0.2) is 0 Å². The molecule has 1 aromatic carbocycles. The van der Waals surface area contributed by atoms with Crippen molar-refractivity contribution in [1.82, 2.24) is 10.4 Å². The molecular weight excluding hydrogens is 245 g/mol. The van der Waals surface area contributed by atoms with Crippen molar-refractivity contribution in [1.29, 1.82) is 0 Å². The highest BCUT2D eigenvalue weighted by Crippen LogP contribution is 2.27. The Labute approximate surface area is 110 Å². The molecule has 0 amide bonds. The summed E-state index contributed by atoms with van der Waals surface area (Å²) in [5, 5.41) is 0. The number of nitrogens with two attached hydrogens (primary N) is 1. The second-order valence-electron chi connectivity index (χ2n) is 4.56. The molecule has 1 aromatic heterocycles. The summed E-state index contributed by atoms with van der Waals surface area (Å²) in [6.45, 7) is 1.26. The first-order valence-electron chi connectivity index (χ1n) is 6.04. The molecule has 0 saturated carbocycles. The van der Waals surface area contributed by atoms with Crippen LogP contribution >= 0.6 is 0 Å². The van der Waals surface area contributed by atoms with Gasteiger partial charge in [-0.05, 0) is 28.3 Å². The summed E-state index contributed by atoms with van der Waals surface area (Å²) in [6.07, 6.45) is 2.78. The summed E-state index contributed by atoms with van der Waals surface area (Å²) >= 11 is 0. The lowest BCUT2D eigenvalue weighted by Gasteiger charge is -2.17. The van der Waals surface area contributed by atoms with Crippen molar-refractivity contribution in [2.24, 2.45) is 5.84 Å². The predicted octanol–water partition coefficient (Wildman–Crippen LogP) is 1.80. The standard InChI is InChI=1S/C14H14FN3O/c15-13-4-11(5-17-6-13)14(18-16)9-1-2-10-7-19-8-12(10)3-9/h1-6,14,18H,7-8,16H2. The number of ether oxygens (including phenoxy) is 1. The van der Waals surface area contributed by atoms with Crippen molar-refractivity contribution >= 4 is 0 Å². The van der Waals surface area contributed by atoms with Crippen molar-refractivity contribution in [3.05, 3.63) is 64.7 Å². The second-order valence-corrected chi connectivity index (χ2v) is 4.56. The van der Waals surface area contributed by atoms with Crippen LogP contribution in [0.3, 0.4) is 0 Å². The SMILES string of the molecule is NNC(c1cncc(F)c1)c1ccc2c(c1)COC2. The molecular formula is C14H14FN3O. The normalized spacial score (nSPS) is 15.3. The molecule has 0 radical (unpaired) electrons. The fourth-order valence-corrected chi connectivity index (χ4v) is 2.34. The van der Waals surface area contributed by atoms with Crippen LogP contribution in [-0.2, 0) is 18.0 Å². The van der Waals surface area contributed by atoms with Gasteiger partial charge in [-0.25, -0.2) is 9.82 Å². The highest BCUT2D eigenvalue weighted by Gasteiger charge is 2.17. The zero-order chi connectivity index (χ0) is 13.2. The van der Waals surface area contributed by atoms with E-state index >= 15 is 0 Å². The third-order valence-corrected chi connectivity index (χ3v) is 3.30. The Morgan fingerprint density at radius 1 is 1.16 bits per heavy atom. The smallest absolute Gasteiger partial charge is 0.141 e. The zero-order valence-electron chi connectivity index (χ0n) is 10.3. The first-order chi connectivity index (χ1) is 9.28. The van der Waals surface area contributed by atoms with E-state index in [2.05, 4.69) is 10.4 Å². The summed E-state index contributed by atoms with van der Waals surface area (Å²) in [7, 11) is 0. The Kier molecular flexibility index (Phi) is 3.25. The van der Waals surface area contributed by atoms with E-state index < -0.39 is 0 Å². The summed E-state index contributed by atoms with van der Waals surface area (Å²) in [6, 6.07) is 7.19. The molecule has 0 saturated heterocycles. The molecule has 4 nitrogen and oxygen atoms in total. The van der Waals surface area contributed by atoms with Gasteiger partial charge in [-0.1, -0.05) is 18.2 Å². The number of fused-ring (bicyclic) bond motifs is 1. The maximum atomic E-state index is 13.2. The lowest BCUT2D eigenvalue weighted by atomic mass is 9.97. The number of hydrogen-bond donors (Lipinski definition) is 2. The molecule has 98 valence electrons. The minimum Gasteiger partial charge on any atom is -0.372 e. The van der Waals surface area contributed by atoms with Crippen molar-refractivity contribution in [2.75, 3.05) is 0 Å². The monoisotopic (exact) mass is 259 g/mol. The molecule has 5 heteroatoms. The van der Waals surface area contributed by atoms with E-state index in [1.807, 2.05) is 18.2 Å². The van der Waals surface area contributed by atoms with Gasteiger partial charge in [-0.3, -0.25) is 10.8 Å². The summed E-state index contributed by atoms with van der Waals surface area (Å²) in [4.78, 5) is 3.86. The third kappa shape index (κ3) is 2.35. The quantitative estimate of drug-likeness (QED) is 0.652. The molecule has 0 fully saturated rings. The Morgan fingerprint density at radius 3 is 2.79 bits per heavy atom. The van der Waals surface area contributed by atoms with Crippen molar-refractivity contribution in [3.63, 3.8) is 0 Å². The largest absolute Gasteiger partial charge is 0.372 e. The highest BCUT2D eigenvalue weighted by atomic mass is 19.1. The molecule has 0 aliphatic carbocycles. The molecule has 1 aliphatic rings. The van der Waals surface area contributed by atoms with E-state index in [1.165, 1.54) is 17.8 Å². The number of hydrazine groups is 1. The number of nitrogens with one attached hydrogen (secondary N) is 1. The summed E-state index contributed by atoms with van der Waals surface area (Å²) < 4.78 is 18.6. The number of halogens is 1. The molecule has 2 aromatic rings. The van der Waals surface area contributed by atoms with Crippen molar-refractivity contribution < 1.29 is 9.13 Å². The molecule has 1 unspecified atom stereocenters. The van der Waals surface area contributed by atoms with Gasteiger partial charge in [0.2, 0.25) is 0 Å². The number of pyridine rings is 1. The van der Waals surface area contributed by atoms with Gasteiger partial charge < -0.3 is 4.74 Å². The molecule has 1 atom stereocenters. The average molecular weight is 259 g/mol. The van der Waals surface area contributed by atoms with E-state index in [9.17, 15) is 4.39 Å². The Balaban J connectivity index is 1.98. The lowest BCUT2D eigenvalue weighted by molar-refractivity contribution is 0.134. The van der Waals surface area contributed by atoms with Gasteiger partial charge in [-0.2, -0.15) is 0 Å². The van der Waals surface area contributed by atoms with Crippen LogP contribution in [0.1, 0.15) is 28.3 Å². The van der Waals surface area contributed by atoms with E-state index in [0.29, 0.717) is 18.8 Å². The van der Waals surface area contributed by atoms with Crippen LogP contribution in [-0.4, -0.2) is 4.98 Å². The Bertz CT molecular complexity index is 603. The van der Waals surface area contributed by atoms with Crippen LogP contribution in [0.25, 0.3) is 0 Å². The Morgan fingerprint density at radius 2 is 2.00 bits per heavy atom. The van der Waals surface area contributed by atoms with Gasteiger partial charge in [0, 0.05) is 6.20 Å². The highest BCUT2D eigenvalue weighted by molar-refractivity contribution is 5.38. The van der Waals surface area contributed by atoms with Crippen LogP contribution in [0, 0.1) is 5.82 Å². The van der Waals surface area contributed by atoms with Crippen LogP contribution in [0.5, 0.6) is 0 Å². The molecule has 0 spiro atoms. The van der Waals surface area contributed by atoms with Crippen molar-refractivity contribution in [3.8, 4) is 0 Å². The minimum atomic E-state index is -0.373. The molecule has 2 heterocycles. The number of aromatic nitrogens is 1. The lowest BCUT2D eigenvalue weighted by Crippen LogP contribution is -2.29.